The largest absolute Gasteiger partial charge is 0.496 e. The second-order valence-corrected chi connectivity index (χ2v) is 4.44. The van der Waals surface area contributed by atoms with Gasteiger partial charge in [-0.2, -0.15) is 0 Å². The maximum atomic E-state index is 5.60. The van der Waals surface area contributed by atoms with Crippen LogP contribution in [0.3, 0.4) is 0 Å². The lowest BCUT2D eigenvalue weighted by Crippen LogP contribution is -2.38. The zero-order valence-corrected chi connectivity index (χ0v) is 11.0. The van der Waals surface area contributed by atoms with Crippen molar-refractivity contribution in [2.45, 2.75) is 19.1 Å². The van der Waals surface area contributed by atoms with Crippen molar-refractivity contribution < 1.29 is 14.2 Å². The fraction of sp³-hybridized carbons (Fsp3) is 0.571. The molecule has 4 nitrogen and oxygen atoms in total. The summed E-state index contributed by atoms with van der Waals surface area (Å²) in [5, 5.41) is 3.46. The maximum absolute atomic E-state index is 5.60. The van der Waals surface area contributed by atoms with E-state index in [1.807, 2.05) is 18.2 Å². The van der Waals surface area contributed by atoms with E-state index in [1.54, 1.807) is 7.11 Å². The van der Waals surface area contributed by atoms with E-state index >= 15 is 0 Å². The van der Waals surface area contributed by atoms with Crippen molar-refractivity contribution in [3.05, 3.63) is 29.8 Å². The average Bonchev–Trinajstić information content (AvgIpc) is 2.45. The van der Waals surface area contributed by atoms with E-state index in [0.717, 1.165) is 17.9 Å². The van der Waals surface area contributed by atoms with Crippen LogP contribution in [0.5, 0.6) is 5.75 Å². The van der Waals surface area contributed by atoms with Crippen molar-refractivity contribution >= 4 is 0 Å². The molecular weight excluding hydrogens is 230 g/mol. The van der Waals surface area contributed by atoms with Crippen LogP contribution in [0, 0.1) is 0 Å². The molecule has 1 aromatic carbocycles. The van der Waals surface area contributed by atoms with E-state index in [2.05, 4.69) is 18.3 Å². The first-order valence-corrected chi connectivity index (χ1v) is 6.37. The second kappa shape index (κ2) is 6.73. The van der Waals surface area contributed by atoms with E-state index in [9.17, 15) is 0 Å². The molecule has 2 atom stereocenters. The smallest absolute Gasteiger partial charge is 0.123 e. The van der Waals surface area contributed by atoms with Crippen LogP contribution in [-0.4, -0.2) is 39.6 Å². The molecule has 0 bridgehead atoms. The Morgan fingerprint density at radius 3 is 2.94 bits per heavy atom. The standard InChI is InChI=1S/C14H21NO3/c1-11(13-5-3-4-6-14(13)16-2)15-9-12-10-17-7-8-18-12/h3-6,11-12,15H,7-10H2,1-2H3. The van der Waals surface area contributed by atoms with Gasteiger partial charge in [0.25, 0.3) is 0 Å². The van der Waals surface area contributed by atoms with Gasteiger partial charge in [-0.25, -0.2) is 0 Å². The van der Waals surface area contributed by atoms with Crippen molar-refractivity contribution in [2.24, 2.45) is 0 Å². The van der Waals surface area contributed by atoms with Gasteiger partial charge in [-0.05, 0) is 13.0 Å². The number of methoxy groups -OCH3 is 1. The molecule has 4 heteroatoms. The minimum atomic E-state index is 0.149. The summed E-state index contributed by atoms with van der Waals surface area (Å²) in [6.07, 6.45) is 0.149. The summed E-state index contributed by atoms with van der Waals surface area (Å²) in [6, 6.07) is 8.29. The van der Waals surface area contributed by atoms with Crippen LogP contribution in [0.4, 0.5) is 0 Å². The molecule has 0 radical (unpaired) electrons. The second-order valence-electron chi connectivity index (χ2n) is 4.44. The molecule has 2 rings (SSSR count). The molecular formula is C14H21NO3. The van der Waals surface area contributed by atoms with Gasteiger partial charge in [-0.15, -0.1) is 0 Å². The summed E-state index contributed by atoms with van der Waals surface area (Å²) in [6.45, 7) is 4.99. The Hall–Kier alpha value is -1.10. The molecule has 1 saturated heterocycles. The molecule has 1 aliphatic rings. The van der Waals surface area contributed by atoms with Crippen LogP contribution in [0.2, 0.25) is 0 Å². The van der Waals surface area contributed by atoms with E-state index in [0.29, 0.717) is 19.8 Å². The number of para-hydroxylation sites is 1. The lowest BCUT2D eigenvalue weighted by Gasteiger charge is -2.25. The van der Waals surface area contributed by atoms with Gasteiger partial charge in [0, 0.05) is 18.2 Å². The van der Waals surface area contributed by atoms with E-state index < -0.39 is 0 Å². The normalized spacial score (nSPS) is 21.6. The molecule has 0 aromatic heterocycles. The molecule has 2 unspecified atom stereocenters. The molecule has 0 aliphatic carbocycles. The number of rotatable bonds is 5. The maximum Gasteiger partial charge on any atom is 0.123 e. The van der Waals surface area contributed by atoms with Gasteiger partial charge in [0.2, 0.25) is 0 Å². The molecule has 1 aromatic rings. The Bertz CT molecular complexity index is 364. The van der Waals surface area contributed by atoms with Crippen LogP contribution < -0.4 is 10.1 Å². The first-order valence-electron chi connectivity index (χ1n) is 6.37. The summed E-state index contributed by atoms with van der Waals surface area (Å²) in [5.41, 5.74) is 1.16. The topological polar surface area (TPSA) is 39.7 Å². The molecule has 1 fully saturated rings. The summed E-state index contributed by atoms with van der Waals surface area (Å²) in [7, 11) is 1.70. The molecule has 1 N–H and O–H groups in total. The molecule has 18 heavy (non-hydrogen) atoms. The molecule has 0 amide bonds. The molecule has 0 saturated carbocycles. The number of benzene rings is 1. The van der Waals surface area contributed by atoms with Gasteiger partial charge in [0.15, 0.2) is 0 Å². The van der Waals surface area contributed by atoms with Crippen LogP contribution in [0.1, 0.15) is 18.5 Å². The number of hydrogen-bond acceptors (Lipinski definition) is 4. The van der Waals surface area contributed by atoms with Gasteiger partial charge < -0.3 is 19.5 Å². The molecule has 100 valence electrons. The van der Waals surface area contributed by atoms with Gasteiger partial charge >= 0.3 is 0 Å². The Morgan fingerprint density at radius 1 is 1.39 bits per heavy atom. The first-order chi connectivity index (χ1) is 8.81. The summed E-state index contributed by atoms with van der Waals surface area (Å²) in [5.74, 6) is 0.915. The minimum absolute atomic E-state index is 0.149. The highest BCUT2D eigenvalue weighted by Gasteiger charge is 2.16. The Morgan fingerprint density at radius 2 is 2.22 bits per heavy atom. The van der Waals surface area contributed by atoms with E-state index in [-0.39, 0.29) is 12.1 Å². The minimum Gasteiger partial charge on any atom is -0.496 e. The third-order valence-electron chi connectivity index (χ3n) is 3.14. The zero-order chi connectivity index (χ0) is 12.8. The highest BCUT2D eigenvalue weighted by Crippen LogP contribution is 2.24. The van der Waals surface area contributed by atoms with Crippen LogP contribution >= 0.6 is 0 Å². The Labute approximate surface area is 108 Å². The van der Waals surface area contributed by atoms with Gasteiger partial charge in [0.05, 0.1) is 33.0 Å². The predicted molar refractivity (Wildman–Crippen MR) is 70.0 cm³/mol. The monoisotopic (exact) mass is 251 g/mol. The van der Waals surface area contributed by atoms with Gasteiger partial charge in [-0.3, -0.25) is 0 Å². The van der Waals surface area contributed by atoms with Crippen molar-refractivity contribution in [3.8, 4) is 5.75 Å². The van der Waals surface area contributed by atoms with Crippen molar-refractivity contribution in [2.75, 3.05) is 33.5 Å². The highest BCUT2D eigenvalue weighted by atomic mass is 16.6. The lowest BCUT2D eigenvalue weighted by atomic mass is 10.1. The molecule has 1 aliphatic heterocycles. The highest BCUT2D eigenvalue weighted by molar-refractivity contribution is 5.35. The number of hydrogen-bond donors (Lipinski definition) is 1. The van der Waals surface area contributed by atoms with Crippen molar-refractivity contribution in [1.82, 2.24) is 5.32 Å². The first kappa shape index (κ1) is 13.3. The average molecular weight is 251 g/mol. The Balaban J connectivity index is 1.88. The van der Waals surface area contributed by atoms with Crippen LogP contribution in [-0.2, 0) is 9.47 Å². The van der Waals surface area contributed by atoms with E-state index in [1.165, 1.54) is 0 Å². The summed E-state index contributed by atoms with van der Waals surface area (Å²) in [4.78, 5) is 0. The fourth-order valence-corrected chi connectivity index (χ4v) is 2.10. The number of ether oxygens (including phenoxy) is 3. The van der Waals surface area contributed by atoms with Gasteiger partial charge in [-0.1, -0.05) is 18.2 Å². The van der Waals surface area contributed by atoms with Gasteiger partial charge in [0.1, 0.15) is 5.75 Å². The summed E-state index contributed by atoms with van der Waals surface area (Å²) >= 11 is 0. The third kappa shape index (κ3) is 3.45. The lowest BCUT2D eigenvalue weighted by molar-refractivity contribution is -0.0869. The predicted octanol–water partition coefficient (Wildman–Crippen LogP) is 1.76. The summed E-state index contributed by atoms with van der Waals surface area (Å²) < 4.78 is 16.3. The fourth-order valence-electron chi connectivity index (χ4n) is 2.10. The van der Waals surface area contributed by atoms with Crippen molar-refractivity contribution in [1.29, 1.82) is 0 Å². The quantitative estimate of drug-likeness (QED) is 0.865. The molecule has 1 heterocycles. The zero-order valence-electron chi connectivity index (χ0n) is 11.0. The van der Waals surface area contributed by atoms with Crippen molar-refractivity contribution in [3.63, 3.8) is 0 Å². The Kier molecular flexibility index (Phi) is 4.99. The number of nitrogens with one attached hydrogen (secondary N) is 1. The molecule has 0 spiro atoms. The van der Waals surface area contributed by atoms with Crippen LogP contribution in [0.25, 0.3) is 0 Å². The van der Waals surface area contributed by atoms with E-state index in [4.69, 9.17) is 14.2 Å². The third-order valence-corrected chi connectivity index (χ3v) is 3.14. The van der Waals surface area contributed by atoms with Crippen LogP contribution in [0.15, 0.2) is 24.3 Å². The SMILES string of the molecule is COc1ccccc1C(C)NCC1COCCO1.